The molecule has 0 amide bonds. The van der Waals surface area contributed by atoms with E-state index < -0.39 is 82.7 Å². The largest absolute Gasteiger partial charge is 0.457 e. The molecule has 0 heterocycles. The van der Waals surface area contributed by atoms with Crippen LogP contribution in [0.1, 0.15) is 80.1 Å². The van der Waals surface area contributed by atoms with Gasteiger partial charge in [-0.05, 0) is 91.9 Å². The molecular formula is C28H38F6O10. The van der Waals surface area contributed by atoms with Crippen molar-refractivity contribution >= 4 is 23.9 Å². The van der Waals surface area contributed by atoms with Crippen LogP contribution in [0.4, 0.5) is 26.3 Å². The van der Waals surface area contributed by atoms with Gasteiger partial charge in [-0.25, -0.2) is 19.2 Å². The molecule has 0 aliphatic heterocycles. The highest BCUT2D eigenvalue weighted by molar-refractivity contribution is 5.83. The van der Waals surface area contributed by atoms with Crippen molar-refractivity contribution in [2.24, 2.45) is 22.7 Å². The number of halogens is 6. The van der Waals surface area contributed by atoms with Gasteiger partial charge in [0.15, 0.2) is 13.2 Å². The Morgan fingerprint density at radius 1 is 0.636 bits per heavy atom. The normalized spacial score (nSPS) is 29.7. The molecule has 0 saturated heterocycles. The highest BCUT2D eigenvalue weighted by atomic mass is 19.4. The summed E-state index contributed by atoms with van der Waals surface area (Å²) < 4.78 is 97.6. The number of aliphatic hydroxyl groups is 2. The van der Waals surface area contributed by atoms with Gasteiger partial charge >= 0.3 is 36.2 Å². The molecule has 4 saturated carbocycles. The zero-order valence-electron chi connectivity index (χ0n) is 25.2. The molecule has 2 unspecified atom stereocenters. The first kappa shape index (κ1) is 35.9. The van der Waals surface area contributed by atoms with Crippen LogP contribution in [-0.2, 0) is 38.1 Å². The van der Waals surface area contributed by atoms with Crippen LogP contribution in [0, 0.1) is 22.7 Å². The van der Waals surface area contributed by atoms with Crippen LogP contribution in [0.15, 0.2) is 0 Å². The molecule has 10 nitrogen and oxygen atoms in total. The summed E-state index contributed by atoms with van der Waals surface area (Å²) in [6.07, 6.45) is -6.98. The van der Waals surface area contributed by atoms with Gasteiger partial charge < -0.3 is 29.2 Å². The van der Waals surface area contributed by atoms with Crippen molar-refractivity contribution in [3.05, 3.63) is 0 Å². The zero-order valence-corrected chi connectivity index (χ0v) is 25.2. The Hall–Kier alpha value is -2.62. The molecule has 0 aromatic heterocycles. The third-order valence-corrected chi connectivity index (χ3v) is 9.89. The summed E-state index contributed by atoms with van der Waals surface area (Å²) in [6, 6.07) is 0. The van der Waals surface area contributed by atoms with Gasteiger partial charge in [-0.3, -0.25) is 0 Å². The minimum absolute atomic E-state index is 0.117. The summed E-state index contributed by atoms with van der Waals surface area (Å²) >= 11 is 0. The van der Waals surface area contributed by atoms with E-state index in [1.165, 1.54) is 0 Å². The number of rotatable bonds is 10. The van der Waals surface area contributed by atoms with Crippen LogP contribution in [0.3, 0.4) is 0 Å². The second-order valence-corrected chi connectivity index (χ2v) is 13.8. The molecule has 44 heavy (non-hydrogen) atoms. The van der Waals surface area contributed by atoms with Crippen LogP contribution in [0.5, 0.6) is 0 Å². The molecule has 0 aromatic rings. The minimum atomic E-state index is -5.33. The number of hydrogen-bond donors (Lipinski definition) is 2. The van der Waals surface area contributed by atoms with Crippen molar-refractivity contribution in [2.75, 3.05) is 13.2 Å². The standard InChI is InChI=1S/C28H38F6O10/c1-21(2,43-17(35)12-41-19(37)23(5,39)27(29,30)31)25-8-15-7-16(9-25)11-26(10-15,14-25)22(3,4)44-18(36)13-42-20(38)24(6,40)28(32,33)34/h15-16,39-40H,7-14H2,1-6H3. The van der Waals surface area contributed by atoms with Crippen molar-refractivity contribution in [2.45, 2.75) is 115 Å². The van der Waals surface area contributed by atoms with Gasteiger partial charge in [0.25, 0.3) is 11.2 Å². The number of ether oxygens (including phenoxy) is 4. The molecule has 252 valence electrons. The predicted octanol–water partition coefficient (Wildman–Crippen LogP) is 3.93. The fourth-order valence-corrected chi connectivity index (χ4v) is 7.28. The fraction of sp³-hybridized carbons (Fsp3) is 0.857. The number of hydrogen-bond acceptors (Lipinski definition) is 10. The van der Waals surface area contributed by atoms with Crippen molar-refractivity contribution in [1.82, 2.24) is 0 Å². The molecule has 0 radical (unpaired) electrons. The second kappa shape index (κ2) is 11.0. The summed E-state index contributed by atoms with van der Waals surface area (Å²) in [6.45, 7) is 4.56. The Bertz CT molecular complexity index is 1070. The molecule has 0 spiro atoms. The van der Waals surface area contributed by atoms with Crippen LogP contribution in [-0.4, -0.2) is 82.1 Å². The van der Waals surface area contributed by atoms with Crippen LogP contribution in [0.25, 0.3) is 0 Å². The van der Waals surface area contributed by atoms with E-state index in [0.29, 0.717) is 32.1 Å². The van der Waals surface area contributed by atoms with Gasteiger partial charge in [-0.1, -0.05) is 0 Å². The molecule has 4 bridgehead atoms. The lowest BCUT2D eigenvalue weighted by atomic mass is 9.38. The Morgan fingerprint density at radius 3 is 1.20 bits per heavy atom. The van der Waals surface area contributed by atoms with Crippen LogP contribution in [0.2, 0.25) is 0 Å². The maximum absolute atomic E-state index is 12.9. The van der Waals surface area contributed by atoms with Gasteiger partial charge in [0.05, 0.1) is 0 Å². The quantitative estimate of drug-likeness (QED) is 0.203. The number of carbonyl (C=O) groups excluding carboxylic acids is 4. The van der Waals surface area contributed by atoms with Crippen molar-refractivity contribution in [3.8, 4) is 0 Å². The Balaban J connectivity index is 1.72. The molecule has 0 aromatic carbocycles. The fourth-order valence-electron chi connectivity index (χ4n) is 7.28. The topological polar surface area (TPSA) is 146 Å². The molecule has 4 aliphatic rings. The third kappa shape index (κ3) is 6.38. The highest BCUT2D eigenvalue weighted by Crippen LogP contribution is 2.71. The summed E-state index contributed by atoms with van der Waals surface area (Å²) in [5.74, 6) is -6.16. The van der Waals surface area contributed by atoms with E-state index in [9.17, 15) is 55.7 Å². The predicted molar refractivity (Wildman–Crippen MR) is 135 cm³/mol. The average Bonchev–Trinajstić information content (AvgIpc) is 2.82. The first-order valence-electron chi connectivity index (χ1n) is 14.0. The van der Waals surface area contributed by atoms with Gasteiger partial charge in [-0.2, -0.15) is 26.3 Å². The van der Waals surface area contributed by atoms with Gasteiger partial charge in [0.2, 0.25) is 0 Å². The summed E-state index contributed by atoms with van der Waals surface area (Å²) in [5, 5.41) is 18.9. The second-order valence-electron chi connectivity index (χ2n) is 13.8. The van der Waals surface area contributed by atoms with E-state index >= 15 is 0 Å². The number of esters is 4. The lowest BCUT2D eigenvalue weighted by molar-refractivity contribution is -0.261. The highest BCUT2D eigenvalue weighted by Gasteiger charge is 2.68. The monoisotopic (exact) mass is 648 g/mol. The SMILES string of the molecule is CC(C)(OC(=O)COC(=O)C(C)(O)C(F)(F)F)C12CC3CC(C1)CC(C(C)(C)OC(=O)COC(=O)C(C)(O)C(F)(F)F)(C3)C2. The number of carbonyl (C=O) groups is 4. The Kier molecular flexibility index (Phi) is 8.98. The lowest BCUT2D eigenvalue weighted by Crippen LogP contribution is -2.65. The maximum atomic E-state index is 12.9. The lowest BCUT2D eigenvalue weighted by Gasteiger charge is -2.68. The molecule has 2 atom stereocenters. The summed E-state index contributed by atoms with van der Waals surface area (Å²) in [5.41, 5.74) is -11.5. The third-order valence-electron chi connectivity index (χ3n) is 9.89. The van der Waals surface area contributed by atoms with Crippen molar-refractivity contribution in [1.29, 1.82) is 0 Å². The number of alkyl halides is 6. The van der Waals surface area contributed by atoms with E-state index in [2.05, 4.69) is 9.47 Å². The van der Waals surface area contributed by atoms with Crippen molar-refractivity contribution in [3.63, 3.8) is 0 Å². The van der Waals surface area contributed by atoms with Crippen LogP contribution < -0.4 is 0 Å². The van der Waals surface area contributed by atoms with E-state index in [-0.39, 0.29) is 25.7 Å². The van der Waals surface area contributed by atoms with Gasteiger partial charge in [-0.15, -0.1) is 0 Å². The van der Waals surface area contributed by atoms with E-state index in [1.807, 2.05) is 0 Å². The maximum Gasteiger partial charge on any atom is 0.427 e. The molecule has 4 rings (SSSR count). The molecule has 16 heteroatoms. The van der Waals surface area contributed by atoms with Gasteiger partial charge in [0, 0.05) is 10.8 Å². The molecule has 2 N–H and O–H groups in total. The Labute approximate surface area is 249 Å². The van der Waals surface area contributed by atoms with Crippen LogP contribution >= 0.6 is 0 Å². The minimum Gasteiger partial charge on any atom is -0.457 e. The summed E-state index contributed by atoms with van der Waals surface area (Å²) in [7, 11) is 0. The first-order chi connectivity index (χ1) is 19.6. The molecule has 4 fully saturated rings. The zero-order chi connectivity index (χ0) is 33.9. The van der Waals surface area contributed by atoms with Gasteiger partial charge in [0.1, 0.15) is 11.2 Å². The van der Waals surface area contributed by atoms with E-state index in [4.69, 9.17) is 9.47 Å². The Morgan fingerprint density at radius 2 is 0.932 bits per heavy atom. The van der Waals surface area contributed by atoms with E-state index in [1.54, 1.807) is 27.7 Å². The molecule has 4 aliphatic carbocycles. The summed E-state index contributed by atoms with van der Waals surface area (Å²) in [4.78, 5) is 48.9. The first-order valence-corrected chi connectivity index (χ1v) is 14.0. The van der Waals surface area contributed by atoms with Crippen molar-refractivity contribution < 1.29 is 74.7 Å². The smallest absolute Gasteiger partial charge is 0.427 e. The van der Waals surface area contributed by atoms with E-state index in [0.717, 1.165) is 6.42 Å². The average molecular weight is 649 g/mol. The molecular weight excluding hydrogens is 610 g/mol.